The maximum Gasteiger partial charge on any atom is 0.322 e. The van der Waals surface area contributed by atoms with E-state index in [-0.39, 0.29) is 11.9 Å². The Morgan fingerprint density at radius 3 is 2.47 bits per heavy atom. The third-order valence-corrected chi connectivity index (χ3v) is 3.07. The van der Waals surface area contributed by atoms with Gasteiger partial charge in [-0.1, -0.05) is 32.6 Å². The highest BCUT2D eigenvalue weighted by atomic mass is 16.4. The zero-order valence-electron chi connectivity index (χ0n) is 11.6. The number of aliphatic imine (C=N–C) groups is 1. The molecule has 0 aliphatic heterocycles. The van der Waals surface area contributed by atoms with Crippen LogP contribution in [0.2, 0.25) is 0 Å². The van der Waals surface area contributed by atoms with Gasteiger partial charge < -0.3 is 16.6 Å². The van der Waals surface area contributed by atoms with Crippen LogP contribution in [0, 0.1) is 5.92 Å². The number of unbranched alkanes of at least 4 members (excludes halogenated alkanes) is 3. The number of nitrogens with two attached hydrogens (primary N) is 3. The fourth-order valence-electron chi connectivity index (χ4n) is 1.95. The molecule has 0 spiro atoms. The quantitative estimate of drug-likeness (QED) is 0.119. The van der Waals surface area contributed by atoms with E-state index >= 15 is 0 Å². The van der Waals surface area contributed by atoms with Gasteiger partial charge in [-0.15, -0.1) is 0 Å². The highest BCUT2D eigenvalue weighted by Crippen LogP contribution is 2.17. The third-order valence-electron chi connectivity index (χ3n) is 3.07. The van der Waals surface area contributed by atoms with Crippen molar-refractivity contribution in [2.24, 2.45) is 28.2 Å². The number of carbonyl (C=O) groups is 1. The van der Waals surface area contributed by atoms with Gasteiger partial charge in [0.2, 0.25) is 0 Å². The lowest BCUT2D eigenvalue weighted by Gasteiger charge is -2.19. The number of rotatable bonds is 11. The molecular formula is C12H27N5O2. The second kappa shape index (κ2) is 10.6. The van der Waals surface area contributed by atoms with Gasteiger partial charge in [0.1, 0.15) is 6.04 Å². The zero-order chi connectivity index (χ0) is 14.7. The van der Waals surface area contributed by atoms with Gasteiger partial charge in [-0.25, -0.2) is 5.43 Å². The number of aliphatic carboxylic acids is 1. The Kier molecular flexibility index (Phi) is 9.82. The minimum Gasteiger partial charge on any atom is -0.480 e. The monoisotopic (exact) mass is 273 g/mol. The number of carboxylic acid groups (broad SMARTS) is 1. The van der Waals surface area contributed by atoms with Gasteiger partial charge in [0.25, 0.3) is 0 Å². The molecule has 2 atom stereocenters. The third kappa shape index (κ3) is 9.26. The average molecular weight is 273 g/mol. The van der Waals surface area contributed by atoms with Crippen LogP contribution in [0.3, 0.4) is 0 Å². The van der Waals surface area contributed by atoms with Crippen molar-refractivity contribution in [2.45, 2.75) is 51.5 Å². The minimum absolute atomic E-state index is 0.0335. The van der Waals surface area contributed by atoms with Gasteiger partial charge in [0.05, 0.1) is 0 Å². The van der Waals surface area contributed by atoms with Crippen LogP contribution in [0.25, 0.3) is 0 Å². The summed E-state index contributed by atoms with van der Waals surface area (Å²) in [4.78, 5) is 14.9. The first kappa shape index (κ1) is 17.7. The summed E-state index contributed by atoms with van der Waals surface area (Å²) < 4.78 is 0. The summed E-state index contributed by atoms with van der Waals surface area (Å²) in [6.45, 7) is 2.59. The van der Waals surface area contributed by atoms with Crippen molar-refractivity contribution in [3.05, 3.63) is 0 Å². The lowest BCUT2D eigenvalue weighted by atomic mass is 9.94. The summed E-state index contributed by atoms with van der Waals surface area (Å²) in [6.07, 6.45) is 5.88. The highest BCUT2D eigenvalue weighted by molar-refractivity contribution is 5.75. The van der Waals surface area contributed by atoms with E-state index in [1.54, 1.807) is 0 Å². The van der Waals surface area contributed by atoms with E-state index < -0.39 is 12.0 Å². The van der Waals surface area contributed by atoms with E-state index in [4.69, 9.17) is 22.4 Å². The van der Waals surface area contributed by atoms with Gasteiger partial charge in [-0.05, 0) is 18.8 Å². The number of nitrogens with one attached hydrogen (secondary N) is 1. The van der Waals surface area contributed by atoms with Crippen molar-refractivity contribution < 1.29 is 9.90 Å². The Morgan fingerprint density at radius 2 is 2.00 bits per heavy atom. The van der Waals surface area contributed by atoms with Crippen molar-refractivity contribution in [3.63, 3.8) is 0 Å². The van der Waals surface area contributed by atoms with Crippen molar-refractivity contribution in [1.29, 1.82) is 0 Å². The normalized spacial score (nSPS) is 13.8. The average Bonchev–Trinajstić information content (AvgIpc) is 2.36. The number of carboxylic acids is 1. The predicted octanol–water partition coefficient (Wildman–Crippen LogP) is 0.153. The molecule has 0 radical (unpaired) electrons. The second-order valence-electron chi connectivity index (χ2n) is 4.77. The Bertz CT molecular complexity index is 279. The van der Waals surface area contributed by atoms with E-state index in [0.29, 0.717) is 13.0 Å². The molecule has 0 aromatic heterocycles. The van der Waals surface area contributed by atoms with Crippen LogP contribution < -0.4 is 22.7 Å². The van der Waals surface area contributed by atoms with Crippen LogP contribution in [0.1, 0.15) is 45.4 Å². The van der Waals surface area contributed by atoms with Crippen LogP contribution in [0.5, 0.6) is 0 Å². The van der Waals surface area contributed by atoms with Gasteiger partial charge in [0, 0.05) is 6.54 Å². The van der Waals surface area contributed by atoms with Crippen molar-refractivity contribution in [1.82, 2.24) is 5.43 Å². The molecular weight excluding hydrogens is 246 g/mol. The molecule has 0 saturated heterocycles. The molecule has 0 rings (SSSR count). The molecule has 0 bridgehead atoms. The molecule has 1 unspecified atom stereocenters. The molecule has 0 fully saturated rings. The summed E-state index contributed by atoms with van der Waals surface area (Å²) in [5, 5.41) is 8.98. The van der Waals surface area contributed by atoms with Crippen LogP contribution >= 0.6 is 0 Å². The Labute approximate surface area is 114 Å². The van der Waals surface area contributed by atoms with Crippen LogP contribution in [-0.2, 0) is 4.79 Å². The lowest BCUT2D eigenvalue weighted by Crippen LogP contribution is -2.43. The number of hydrazine groups is 1. The molecule has 0 aliphatic carbocycles. The molecule has 7 heteroatoms. The van der Waals surface area contributed by atoms with Gasteiger partial charge in [-0.3, -0.25) is 15.6 Å². The van der Waals surface area contributed by atoms with E-state index in [2.05, 4.69) is 17.3 Å². The van der Waals surface area contributed by atoms with Crippen LogP contribution in [0.4, 0.5) is 0 Å². The Balaban J connectivity index is 4.31. The summed E-state index contributed by atoms with van der Waals surface area (Å²) in [5.41, 5.74) is 12.9. The molecule has 19 heavy (non-hydrogen) atoms. The molecule has 112 valence electrons. The zero-order valence-corrected chi connectivity index (χ0v) is 11.6. The largest absolute Gasteiger partial charge is 0.480 e. The predicted molar refractivity (Wildman–Crippen MR) is 76.3 cm³/mol. The summed E-state index contributed by atoms with van der Waals surface area (Å²) in [7, 11) is 0. The standard InChI is InChI=1S/C12H27N5O2/c1-2-3-4-5-6-9(8-16-12(13)14)7-10(17-15)11(18)19/h9-10,17H,2-8,15H2,1H3,(H,18,19)(H4,13,14,16)/t9?,10-/m0/s1. The van der Waals surface area contributed by atoms with Crippen molar-refractivity contribution in [3.8, 4) is 0 Å². The number of hydrogen-bond donors (Lipinski definition) is 5. The first-order chi connectivity index (χ1) is 9.01. The second-order valence-corrected chi connectivity index (χ2v) is 4.77. The van der Waals surface area contributed by atoms with Gasteiger partial charge >= 0.3 is 5.97 Å². The molecule has 7 nitrogen and oxygen atoms in total. The summed E-state index contributed by atoms with van der Waals surface area (Å²) >= 11 is 0. The van der Waals surface area contributed by atoms with E-state index in [1.807, 2.05) is 0 Å². The fourth-order valence-corrected chi connectivity index (χ4v) is 1.95. The molecule has 0 aromatic carbocycles. The molecule has 8 N–H and O–H groups in total. The summed E-state index contributed by atoms with van der Waals surface area (Å²) in [5.74, 6) is 4.44. The summed E-state index contributed by atoms with van der Waals surface area (Å²) in [6, 6.07) is -0.759. The number of nitrogens with zero attached hydrogens (tertiary/aromatic N) is 1. The molecule has 0 saturated carbocycles. The number of hydrogen-bond acceptors (Lipinski definition) is 4. The van der Waals surface area contributed by atoms with E-state index in [0.717, 1.165) is 19.3 Å². The highest BCUT2D eigenvalue weighted by Gasteiger charge is 2.21. The van der Waals surface area contributed by atoms with E-state index in [1.165, 1.54) is 12.8 Å². The van der Waals surface area contributed by atoms with Gasteiger partial charge in [-0.2, -0.15) is 0 Å². The van der Waals surface area contributed by atoms with Crippen molar-refractivity contribution in [2.75, 3.05) is 6.54 Å². The van der Waals surface area contributed by atoms with Crippen molar-refractivity contribution >= 4 is 11.9 Å². The lowest BCUT2D eigenvalue weighted by molar-refractivity contribution is -0.140. The number of guanidine groups is 1. The molecule has 0 heterocycles. The van der Waals surface area contributed by atoms with E-state index in [9.17, 15) is 4.79 Å². The Hall–Kier alpha value is -1.34. The first-order valence-electron chi connectivity index (χ1n) is 6.75. The molecule has 0 amide bonds. The fraction of sp³-hybridized carbons (Fsp3) is 0.833. The van der Waals surface area contributed by atoms with Crippen LogP contribution in [-0.4, -0.2) is 29.6 Å². The smallest absolute Gasteiger partial charge is 0.322 e. The van der Waals surface area contributed by atoms with Crippen LogP contribution in [0.15, 0.2) is 4.99 Å². The maximum atomic E-state index is 11.0. The molecule has 0 aliphatic rings. The first-order valence-corrected chi connectivity index (χ1v) is 6.75. The minimum atomic E-state index is -0.953. The maximum absolute atomic E-state index is 11.0. The van der Waals surface area contributed by atoms with Gasteiger partial charge in [0.15, 0.2) is 5.96 Å². The topological polar surface area (TPSA) is 140 Å². The SMILES string of the molecule is CCCCCCC(CN=C(N)N)C[C@H](NN)C(=O)O. The Morgan fingerprint density at radius 1 is 1.32 bits per heavy atom. The molecule has 0 aromatic rings.